The molecule has 1 unspecified atom stereocenters. The van der Waals surface area contributed by atoms with Crippen LogP contribution in [0.4, 0.5) is 0 Å². The van der Waals surface area contributed by atoms with Crippen molar-refractivity contribution < 1.29 is 14.3 Å². The summed E-state index contributed by atoms with van der Waals surface area (Å²) in [5.74, 6) is 0.728. The third-order valence-electron chi connectivity index (χ3n) is 3.40. The summed E-state index contributed by atoms with van der Waals surface area (Å²) < 4.78 is 5.28. The Hall–Kier alpha value is -1.29. The molecule has 1 aromatic rings. The summed E-state index contributed by atoms with van der Waals surface area (Å²) in [5.41, 5.74) is 0.646. The van der Waals surface area contributed by atoms with Gasteiger partial charge in [-0.15, -0.1) is 0 Å². The minimum Gasteiger partial charge on any atom is -0.469 e. The monoisotopic (exact) mass is 237 g/mol. The summed E-state index contributed by atoms with van der Waals surface area (Å²) in [6, 6.07) is 1.69. The first-order valence-corrected chi connectivity index (χ1v) is 6.26. The van der Waals surface area contributed by atoms with Crippen LogP contribution in [0.5, 0.6) is 0 Å². The van der Waals surface area contributed by atoms with E-state index in [4.69, 9.17) is 4.42 Å². The molecule has 1 saturated heterocycles. The molecule has 1 fully saturated rings. The van der Waals surface area contributed by atoms with E-state index >= 15 is 0 Å². The number of aliphatic hydroxyl groups is 1. The number of hydrogen-bond acceptors (Lipinski definition) is 3. The number of furan rings is 1. The summed E-state index contributed by atoms with van der Waals surface area (Å²) in [7, 11) is 0. The first kappa shape index (κ1) is 12.2. The van der Waals surface area contributed by atoms with Gasteiger partial charge in [-0.2, -0.15) is 0 Å². The first-order chi connectivity index (χ1) is 8.27. The van der Waals surface area contributed by atoms with Gasteiger partial charge in [0.1, 0.15) is 5.76 Å². The normalized spacial score (nSPS) is 20.6. The lowest BCUT2D eigenvalue weighted by Crippen LogP contribution is -2.45. The predicted molar refractivity (Wildman–Crippen MR) is 63.8 cm³/mol. The van der Waals surface area contributed by atoms with Crippen LogP contribution in [-0.4, -0.2) is 35.1 Å². The van der Waals surface area contributed by atoms with Crippen molar-refractivity contribution in [1.29, 1.82) is 0 Å². The van der Waals surface area contributed by atoms with Crippen molar-refractivity contribution in [3.8, 4) is 0 Å². The smallest absolute Gasteiger partial charge is 0.257 e. The third kappa shape index (κ3) is 2.36. The Morgan fingerprint density at radius 1 is 1.59 bits per heavy atom. The van der Waals surface area contributed by atoms with Crippen LogP contribution >= 0.6 is 0 Å². The van der Waals surface area contributed by atoms with E-state index in [9.17, 15) is 9.90 Å². The molecule has 4 heteroatoms. The Morgan fingerprint density at radius 2 is 2.41 bits per heavy atom. The highest BCUT2D eigenvalue weighted by atomic mass is 16.3. The second kappa shape index (κ2) is 5.36. The van der Waals surface area contributed by atoms with Crippen LogP contribution in [0, 0.1) is 0 Å². The molecule has 1 aliphatic heterocycles. The number of likely N-dealkylation sites (tertiary alicyclic amines) is 1. The van der Waals surface area contributed by atoms with E-state index in [2.05, 4.69) is 0 Å². The number of rotatable bonds is 3. The van der Waals surface area contributed by atoms with Crippen LogP contribution in [0.3, 0.4) is 0 Å². The van der Waals surface area contributed by atoms with Crippen LogP contribution in [0.2, 0.25) is 0 Å². The van der Waals surface area contributed by atoms with Crippen molar-refractivity contribution in [3.05, 3.63) is 23.7 Å². The fourth-order valence-electron chi connectivity index (χ4n) is 2.42. The zero-order chi connectivity index (χ0) is 12.3. The van der Waals surface area contributed by atoms with E-state index < -0.39 is 0 Å². The van der Waals surface area contributed by atoms with E-state index in [-0.39, 0.29) is 18.6 Å². The maximum absolute atomic E-state index is 12.4. The molecule has 0 radical (unpaired) electrons. The van der Waals surface area contributed by atoms with Gasteiger partial charge < -0.3 is 14.4 Å². The quantitative estimate of drug-likeness (QED) is 0.872. The molecular weight excluding hydrogens is 218 g/mol. The van der Waals surface area contributed by atoms with Crippen molar-refractivity contribution >= 4 is 5.91 Å². The van der Waals surface area contributed by atoms with Crippen molar-refractivity contribution in [2.24, 2.45) is 0 Å². The molecule has 0 aliphatic carbocycles. The first-order valence-electron chi connectivity index (χ1n) is 6.26. The second-order valence-corrected chi connectivity index (χ2v) is 4.44. The van der Waals surface area contributed by atoms with Gasteiger partial charge in [0.05, 0.1) is 24.5 Å². The lowest BCUT2D eigenvalue weighted by Gasteiger charge is -2.34. The Bertz CT molecular complexity index is 386. The number of hydrogen-bond donors (Lipinski definition) is 1. The highest BCUT2D eigenvalue weighted by Crippen LogP contribution is 2.21. The van der Waals surface area contributed by atoms with E-state index in [0.29, 0.717) is 12.0 Å². The molecule has 94 valence electrons. The number of carbonyl (C=O) groups is 1. The van der Waals surface area contributed by atoms with E-state index in [1.165, 1.54) is 0 Å². The number of nitrogens with zero attached hydrogens (tertiary/aromatic N) is 1. The summed E-state index contributed by atoms with van der Waals surface area (Å²) in [6.07, 6.45) is 5.26. The number of carbonyl (C=O) groups excluding carboxylic acids is 1. The zero-order valence-corrected chi connectivity index (χ0v) is 10.2. The molecule has 0 spiro atoms. The molecule has 1 amide bonds. The van der Waals surface area contributed by atoms with Gasteiger partial charge in [0.2, 0.25) is 0 Å². The highest BCUT2D eigenvalue weighted by molar-refractivity contribution is 5.95. The Kier molecular flexibility index (Phi) is 3.84. The van der Waals surface area contributed by atoms with Gasteiger partial charge >= 0.3 is 0 Å². The highest BCUT2D eigenvalue weighted by Gasteiger charge is 2.28. The summed E-state index contributed by atoms with van der Waals surface area (Å²) in [6.45, 7) is 2.75. The SMILES string of the molecule is CCc1occc1C(=O)N1CCCCC1CO. The number of piperidine rings is 1. The molecule has 2 rings (SSSR count). The van der Waals surface area contributed by atoms with Gasteiger partial charge in [-0.1, -0.05) is 6.92 Å². The van der Waals surface area contributed by atoms with Gasteiger partial charge in [-0.05, 0) is 25.3 Å². The Labute approximate surface area is 101 Å². The van der Waals surface area contributed by atoms with Crippen LogP contribution in [0.1, 0.15) is 42.3 Å². The van der Waals surface area contributed by atoms with Gasteiger partial charge in [0.25, 0.3) is 5.91 Å². The Balaban J connectivity index is 2.18. The van der Waals surface area contributed by atoms with E-state index in [1.54, 1.807) is 17.2 Å². The minimum absolute atomic E-state index is 0.00523. The van der Waals surface area contributed by atoms with Gasteiger partial charge in [-0.25, -0.2) is 0 Å². The molecule has 4 nitrogen and oxygen atoms in total. The average Bonchev–Trinajstić information content (AvgIpc) is 2.86. The average molecular weight is 237 g/mol. The zero-order valence-electron chi connectivity index (χ0n) is 10.2. The molecule has 1 aromatic heterocycles. The van der Waals surface area contributed by atoms with Gasteiger partial charge in [0, 0.05) is 13.0 Å². The molecule has 17 heavy (non-hydrogen) atoms. The number of aliphatic hydroxyl groups excluding tert-OH is 1. The van der Waals surface area contributed by atoms with Crippen LogP contribution in [0.25, 0.3) is 0 Å². The topological polar surface area (TPSA) is 53.7 Å². The molecule has 0 bridgehead atoms. The standard InChI is InChI=1S/C13H19NO3/c1-2-12-11(6-8-17-12)13(16)14-7-4-3-5-10(14)9-15/h6,8,10,15H,2-5,7,9H2,1H3. The molecule has 0 saturated carbocycles. The summed E-state index contributed by atoms with van der Waals surface area (Å²) in [5, 5.41) is 9.32. The fourth-order valence-corrected chi connectivity index (χ4v) is 2.42. The van der Waals surface area contributed by atoms with Crippen LogP contribution in [-0.2, 0) is 6.42 Å². The minimum atomic E-state index is -0.0316. The number of aryl methyl sites for hydroxylation is 1. The summed E-state index contributed by atoms with van der Waals surface area (Å²) in [4.78, 5) is 14.1. The Morgan fingerprint density at radius 3 is 3.12 bits per heavy atom. The van der Waals surface area contributed by atoms with Gasteiger partial charge in [0.15, 0.2) is 0 Å². The molecule has 1 N–H and O–H groups in total. The molecule has 1 aliphatic rings. The third-order valence-corrected chi connectivity index (χ3v) is 3.40. The van der Waals surface area contributed by atoms with Crippen molar-refractivity contribution in [2.45, 2.75) is 38.6 Å². The van der Waals surface area contributed by atoms with Crippen molar-refractivity contribution in [3.63, 3.8) is 0 Å². The maximum Gasteiger partial charge on any atom is 0.257 e. The van der Waals surface area contributed by atoms with Crippen molar-refractivity contribution in [2.75, 3.05) is 13.2 Å². The van der Waals surface area contributed by atoms with Crippen molar-refractivity contribution in [1.82, 2.24) is 4.90 Å². The molecule has 2 heterocycles. The predicted octanol–water partition coefficient (Wildman–Crippen LogP) is 1.83. The molecule has 0 aromatic carbocycles. The lowest BCUT2D eigenvalue weighted by molar-refractivity contribution is 0.0501. The molecular formula is C13H19NO3. The van der Waals surface area contributed by atoms with Crippen LogP contribution in [0.15, 0.2) is 16.7 Å². The maximum atomic E-state index is 12.4. The van der Waals surface area contributed by atoms with Crippen LogP contribution < -0.4 is 0 Å². The largest absolute Gasteiger partial charge is 0.469 e. The van der Waals surface area contributed by atoms with E-state index in [0.717, 1.165) is 31.6 Å². The second-order valence-electron chi connectivity index (χ2n) is 4.44. The summed E-state index contributed by atoms with van der Waals surface area (Å²) >= 11 is 0. The lowest BCUT2D eigenvalue weighted by atomic mass is 10.0. The fraction of sp³-hybridized carbons (Fsp3) is 0.615. The van der Waals surface area contributed by atoms with E-state index in [1.807, 2.05) is 6.92 Å². The number of amides is 1. The molecule has 1 atom stereocenters. The van der Waals surface area contributed by atoms with Gasteiger partial charge in [-0.3, -0.25) is 4.79 Å².